The van der Waals surface area contributed by atoms with Gasteiger partial charge in [-0.1, -0.05) is 12.1 Å². The average molecular weight is 259 g/mol. The third-order valence-electron chi connectivity index (χ3n) is 3.20. The van der Waals surface area contributed by atoms with E-state index in [0.29, 0.717) is 11.9 Å². The van der Waals surface area contributed by atoms with Crippen LogP contribution in [0, 0.1) is 5.41 Å². The van der Waals surface area contributed by atoms with E-state index in [1.165, 1.54) is 6.07 Å². The van der Waals surface area contributed by atoms with Crippen LogP contribution in [-0.4, -0.2) is 10.5 Å². The Morgan fingerprint density at radius 3 is 2.68 bits per heavy atom. The molecule has 100 valence electrons. The van der Waals surface area contributed by atoms with E-state index in [4.69, 9.17) is 5.84 Å². The molecule has 0 fully saturated rings. The Hall–Kier alpha value is -2.14. The van der Waals surface area contributed by atoms with Crippen molar-refractivity contribution in [1.82, 2.24) is 9.99 Å². The number of fused-ring (bicyclic) bond motifs is 1. The zero-order chi connectivity index (χ0) is 14.0. The van der Waals surface area contributed by atoms with E-state index in [9.17, 15) is 9.59 Å². The Labute approximate surface area is 111 Å². The van der Waals surface area contributed by atoms with Gasteiger partial charge in [0.1, 0.15) is 0 Å². The molecule has 1 heterocycles. The van der Waals surface area contributed by atoms with Gasteiger partial charge in [0.05, 0.1) is 10.9 Å². The number of nitrogens with one attached hydrogen (secondary N) is 1. The monoisotopic (exact) mass is 259 g/mol. The lowest BCUT2D eigenvalue weighted by molar-refractivity contribution is -0.130. The van der Waals surface area contributed by atoms with Gasteiger partial charge in [0.2, 0.25) is 5.91 Å². The minimum Gasteiger partial charge on any atom is -0.346 e. The van der Waals surface area contributed by atoms with E-state index >= 15 is 0 Å². The Morgan fingerprint density at radius 1 is 1.32 bits per heavy atom. The van der Waals surface area contributed by atoms with Crippen LogP contribution in [0.2, 0.25) is 0 Å². The van der Waals surface area contributed by atoms with Gasteiger partial charge in [-0.25, -0.2) is 5.84 Å². The fourth-order valence-electron chi connectivity index (χ4n) is 2.09. The van der Waals surface area contributed by atoms with Crippen molar-refractivity contribution < 1.29 is 4.79 Å². The molecule has 3 N–H and O–H groups in total. The highest BCUT2D eigenvalue weighted by Gasteiger charge is 2.27. The Kier molecular flexibility index (Phi) is 3.40. The van der Waals surface area contributed by atoms with Gasteiger partial charge in [0.15, 0.2) is 5.43 Å². The van der Waals surface area contributed by atoms with Crippen molar-refractivity contribution in [3.05, 3.63) is 46.8 Å². The second-order valence-electron chi connectivity index (χ2n) is 5.18. The molecular formula is C14H17N3O2. The lowest BCUT2D eigenvalue weighted by Gasteiger charge is -2.24. The minimum absolute atomic E-state index is 0.0204. The molecule has 0 spiro atoms. The molecule has 0 aliphatic carbocycles. The summed E-state index contributed by atoms with van der Waals surface area (Å²) in [5.74, 6) is 4.95. The highest BCUT2D eigenvalue weighted by atomic mass is 16.2. The van der Waals surface area contributed by atoms with Crippen molar-refractivity contribution >= 4 is 16.8 Å². The first-order valence-electron chi connectivity index (χ1n) is 6.05. The van der Waals surface area contributed by atoms with Gasteiger partial charge >= 0.3 is 0 Å². The molecule has 5 heteroatoms. The first kappa shape index (κ1) is 13.3. The number of carbonyl (C=O) groups excluding carboxylic acids is 1. The molecule has 1 amide bonds. The molecule has 1 aromatic heterocycles. The van der Waals surface area contributed by atoms with Gasteiger partial charge in [-0.05, 0) is 26.0 Å². The van der Waals surface area contributed by atoms with Crippen LogP contribution < -0.4 is 16.7 Å². The predicted molar refractivity (Wildman–Crippen MR) is 74.3 cm³/mol. The number of carbonyl (C=O) groups is 1. The van der Waals surface area contributed by atoms with E-state index in [-0.39, 0.29) is 11.3 Å². The Morgan fingerprint density at radius 2 is 2.00 bits per heavy atom. The van der Waals surface area contributed by atoms with Crippen LogP contribution in [0.3, 0.4) is 0 Å². The molecule has 0 saturated carbocycles. The molecule has 2 rings (SSSR count). The molecular weight excluding hydrogens is 242 g/mol. The van der Waals surface area contributed by atoms with E-state index in [0.717, 1.165) is 5.52 Å². The molecule has 0 saturated heterocycles. The van der Waals surface area contributed by atoms with Gasteiger partial charge in [0.25, 0.3) is 0 Å². The van der Waals surface area contributed by atoms with Crippen LogP contribution in [0.25, 0.3) is 10.9 Å². The summed E-state index contributed by atoms with van der Waals surface area (Å²) < 4.78 is 1.89. The van der Waals surface area contributed by atoms with Crippen LogP contribution in [0.4, 0.5) is 0 Å². The summed E-state index contributed by atoms with van der Waals surface area (Å²) in [6.45, 7) is 4.06. The number of hydrazine groups is 1. The van der Waals surface area contributed by atoms with Crippen molar-refractivity contribution in [1.29, 1.82) is 0 Å². The van der Waals surface area contributed by atoms with Crippen molar-refractivity contribution in [2.45, 2.75) is 20.4 Å². The summed E-state index contributed by atoms with van der Waals surface area (Å²) in [4.78, 5) is 23.5. The molecule has 0 bridgehead atoms. The third kappa shape index (κ3) is 2.51. The van der Waals surface area contributed by atoms with Gasteiger partial charge in [0, 0.05) is 24.2 Å². The maximum absolute atomic E-state index is 11.8. The fraction of sp³-hybridized carbons (Fsp3) is 0.286. The van der Waals surface area contributed by atoms with Crippen molar-refractivity contribution in [3.8, 4) is 0 Å². The van der Waals surface area contributed by atoms with E-state index in [1.807, 2.05) is 36.6 Å². The normalized spacial score (nSPS) is 11.5. The number of amides is 1. The molecule has 0 aliphatic heterocycles. The standard InChI is InChI=1S/C14H17N3O2/c1-14(2,13(19)16-15)9-17-8-7-12(18)10-5-3-4-6-11(10)17/h3-8H,9,15H2,1-2H3,(H,16,19). The summed E-state index contributed by atoms with van der Waals surface area (Å²) in [6, 6.07) is 8.86. The first-order chi connectivity index (χ1) is 8.95. The summed E-state index contributed by atoms with van der Waals surface area (Å²) in [5.41, 5.74) is 2.30. The molecule has 5 nitrogen and oxygen atoms in total. The molecule has 0 radical (unpaired) electrons. The van der Waals surface area contributed by atoms with Gasteiger partial charge < -0.3 is 4.57 Å². The highest BCUT2D eigenvalue weighted by molar-refractivity contribution is 5.82. The number of benzene rings is 1. The fourth-order valence-corrected chi connectivity index (χ4v) is 2.09. The van der Waals surface area contributed by atoms with Crippen LogP contribution in [0.1, 0.15) is 13.8 Å². The average Bonchev–Trinajstić information content (AvgIpc) is 2.41. The number of nitrogens with two attached hydrogens (primary N) is 1. The van der Waals surface area contributed by atoms with E-state index < -0.39 is 5.41 Å². The summed E-state index contributed by atoms with van der Waals surface area (Å²) in [7, 11) is 0. The second kappa shape index (κ2) is 4.85. The quantitative estimate of drug-likeness (QED) is 0.491. The predicted octanol–water partition coefficient (Wildman–Crippen LogP) is 1.02. The zero-order valence-electron chi connectivity index (χ0n) is 11.0. The van der Waals surface area contributed by atoms with Crippen LogP contribution in [0.15, 0.2) is 41.3 Å². The van der Waals surface area contributed by atoms with E-state index in [1.54, 1.807) is 12.3 Å². The number of para-hydroxylation sites is 1. The van der Waals surface area contributed by atoms with Gasteiger partial charge in [-0.15, -0.1) is 0 Å². The number of pyridine rings is 1. The second-order valence-corrected chi connectivity index (χ2v) is 5.18. The van der Waals surface area contributed by atoms with Crippen molar-refractivity contribution in [2.75, 3.05) is 0 Å². The molecule has 0 atom stereocenters. The molecule has 19 heavy (non-hydrogen) atoms. The number of nitrogens with zero attached hydrogens (tertiary/aromatic N) is 1. The third-order valence-corrected chi connectivity index (χ3v) is 3.20. The SMILES string of the molecule is CC(C)(Cn1ccc(=O)c2ccccc21)C(=O)NN. The van der Waals surface area contributed by atoms with Crippen molar-refractivity contribution in [2.24, 2.45) is 11.3 Å². The Bertz CT molecular complexity index is 674. The smallest absolute Gasteiger partial charge is 0.241 e. The van der Waals surface area contributed by atoms with Gasteiger partial charge in [-0.2, -0.15) is 0 Å². The molecule has 2 aromatic rings. The zero-order valence-corrected chi connectivity index (χ0v) is 11.0. The number of hydrogen-bond acceptors (Lipinski definition) is 3. The molecule has 0 unspecified atom stereocenters. The van der Waals surface area contributed by atoms with Crippen LogP contribution >= 0.6 is 0 Å². The molecule has 0 aliphatic rings. The van der Waals surface area contributed by atoms with Gasteiger partial charge in [-0.3, -0.25) is 15.0 Å². The number of rotatable bonds is 3. The van der Waals surface area contributed by atoms with Crippen molar-refractivity contribution in [3.63, 3.8) is 0 Å². The minimum atomic E-state index is -0.660. The topological polar surface area (TPSA) is 77.1 Å². The first-order valence-corrected chi connectivity index (χ1v) is 6.05. The maximum atomic E-state index is 11.8. The lowest BCUT2D eigenvalue weighted by atomic mass is 9.92. The van der Waals surface area contributed by atoms with E-state index in [2.05, 4.69) is 5.43 Å². The maximum Gasteiger partial charge on any atom is 0.241 e. The lowest BCUT2D eigenvalue weighted by Crippen LogP contribution is -2.43. The van der Waals surface area contributed by atoms with Crippen LogP contribution in [0.5, 0.6) is 0 Å². The summed E-state index contributed by atoms with van der Waals surface area (Å²) in [5, 5.41) is 0.647. The highest BCUT2D eigenvalue weighted by Crippen LogP contribution is 2.20. The number of aromatic nitrogens is 1. The molecule has 1 aromatic carbocycles. The summed E-state index contributed by atoms with van der Waals surface area (Å²) in [6.07, 6.45) is 1.70. The summed E-state index contributed by atoms with van der Waals surface area (Å²) >= 11 is 0. The van der Waals surface area contributed by atoms with Crippen LogP contribution in [-0.2, 0) is 11.3 Å². The largest absolute Gasteiger partial charge is 0.346 e. The Balaban J connectivity index is 2.50. The number of hydrogen-bond donors (Lipinski definition) is 2.